The number of carboxylic acid groups (broad SMARTS) is 1. The fourth-order valence-corrected chi connectivity index (χ4v) is 1.88. The Morgan fingerprint density at radius 1 is 1.39 bits per heavy atom. The van der Waals surface area contributed by atoms with Crippen LogP contribution in [0.3, 0.4) is 0 Å². The molecule has 2 N–H and O–H groups in total. The second-order valence-corrected chi connectivity index (χ2v) is 4.42. The van der Waals surface area contributed by atoms with Crippen molar-refractivity contribution in [3.63, 3.8) is 0 Å². The third kappa shape index (κ3) is 2.97. The van der Waals surface area contributed by atoms with Gasteiger partial charge in [0.15, 0.2) is 0 Å². The van der Waals surface area contributed by atoms with E-state index in [9.17, 15) is 4.79 Å². The van der Waals surface area contributed by atoms with Crippen LogP contribution in [-0.4, -0.2) is 21.0 Å². The van der Waals surface area contributed by atoms with Crippen LogP contribution >= 0.6 is 0 Å². The number of aromatic carboxylic acids is 1. The first kappa shape index (κ1) is 12.4. The second kappa shape index (κ2) is 5.49. The summed E-state index contributed by atoms with van der Waals surface area (Å²) in [5.41, 5.74) is 1.48. The highest BCUT2D eigenvalue weighted by atomic mass is 16.4. The molecule has 0 aliphatic rings. The Labute approximate surface area is 106 Å². The number of aromatic nitrogens is 2. The summed E-state index contributed by atoms with van der Waals surface area (Å²) in [4.78, 5) is 18.1. The zero-order valence-corrected chi connectivity index (χ0v) is 10.3. The quantitative estimate of drug-likeness (QED) is 0.849. The van der Waals surface area contributed by atoms with Crippen LogP contribution in [0, 0.1) is 0 Å². The lowest BCUT2D eigenvalue weighted by atomic mass is 10.00. The van der Waals surface area contributed by atoms with Gasteiger partial charge in [-0.1, -0.05) is 19.1 Å². The topological polar surface area (TPSA) is 66.0 Å². The molecule has 1 unspecified atom stereocenters. The Morgan fingerprint density at radius 2 is 2.11 bits per heavy atom. The van der Waals surface area contributed by atoms with Crippen LogP contribution in [0.15, 0.2) is 36.7 Å². The van der Waals surface area contributed by atoms with Crippen LogP contribution < -0.4 is 0 Å². The van der Waals surface area contributed by atoms with Crippen LogP contribution in [0.2, 0.25) is 0 Å². The molecule has 1 aromatic carbocycles. The highest BCUT2D eigenvalue weighted by molar-refractivity contribution is 5.87. The zero-order chi connectivity index (χ0) is 13.0. The molecule has 0 bridgehead atoms. The summed E-state index contributed by atoms with van der Waals surface area (Å²) >= 11 is 0. The van der Waals surface area contributed by atoms with Crippen molar-refractivity contribution in [1.82, 2.24) is 9.97 Å². The molecule has 0 aliphatic carbocycles. The average molecular weight is 244 g/mol. The molecule has 0 spiro atoms. The van der Waals surface area contributed by atoms with Gasteiger partial charge < -0.3 is 10.1 Å². The minimum atomic E-state index is -0.884. The molecule has 1 aromatic heterocycles. The Bertz CT molecular complexity index is 503. The summed E-state index contributed by atoms with van der Waals surface area (Å²) in [5.74, 6) is 0.488. The number of benzene rings is 1. The fourth-order valence-electron chi connectivity index (χ4n) is 1.88. The van der Waals surface area contributed by atoms with Gasteiger partial charge in [0.25, 0.3) is 0 Å². The standard InChI is InChI=1S/C14H16N2O2/c1-10(13-15-8-9-16-13)2-3-11-4-6-12(7-5-11)14(17)18/h4-10H,2-3H2,1H3,(H,15,16)(H,17,18). The molecule has 1 heterocycles. The van der Waals surface area contributed by atoms with E-state index in [4.69, 9.17) is 5.11 Å². The van der Waals surface area contributed by atoms with Gasteiger partial charge in [-0.2, -0.15) is 0 Å². The summed E-state index contributed by atoms with van der Waals surface area (Å²) in [5, 5.41) is 8.81. The lowest BCUT2D eigenvalue weighted by Crippen LogP contribution is -2.00. The Kier molecular flexibility index (Phi) is 3.77. The number of carboxylic acids is 1. The second-order valence-electron chi connectivity index (χ2n) is 4.42. The minimum Gasteiger partial charge on any atom is -0.478 e. The number of aryl methyl sites for hydroxylation is 1. The van der Waals surface area contributed by atoms with E-state index in [1.165, 1.54) is 0 Å². The Balaban J connectivity index is 1.92. The summed E-state index contributed by atoms with van der Waals surface area (Å²) in [6, 6.07) is 7.04. The van der Waals surface area contributed by atoms with Crippen molar-refractivity contribution < 1.29 is 9.90 Å². The highest BCUT2D eigenvalue weighted by Crippen LogP contribution is 2.17. The first-order chi connectivity index (χ1) is 8.66. The minimum absolute atomic E-state index is 0.331. The third-order valence-corrected chi connectivity index (χ3v) is 3.05. The number of nitrogens with one attached hydrogen (secondary N) is 1. The number of aromatic amines is 1. The van der Waals surface area contributed by atoms with E-state index in [-0.39, 0.29) is 0 Å². The zero-order valence-electron chi connectivity index (χ0n) is 10.3. The van der Waals surface area contributed by atoms with Gasteiger partial charge in [0.05, 0.1) is 5.56 Å². The van der Waals surface area contributed by atoms with Gasteiger partial charge in [-0.25, -0.2) is 9.78 Å². The SMILES string of the molecule is CC(CCc1ccc(C(=O)O)cc1)c1ncc[nH]1. The lowest BCUT2D eigenvalue weighted by Gasteiger charge is -2.08. The summed E-state index contributed by atoms with van der Waals surface area (Å²) < 4.78 is 0. The highest BCUT2D eigenvalue weighted by Gasteiger charge is 2.08. The van der Waals surface area contributed by atoms with E-state index in [1.54, 1.807) is 18.3 Å². The molecule has 0 aliphatic heterocycles. The van der Waals surface area contributed by atoms with E-state index in [0.29, 0.717) is 11.5 Å². The molecule has 0 saturated carbocycles. The van der Waals surface area contributed by atoms with Crippen LogP contribution in [0.25, 0.3) is 0 Å². The fraction of sp³-hybridized carbons (Fsp3) is 0.286. The molecule has 94 valence electrons. The van der Waals surface area contributed by atoms with Gasteiger partial charge in [-0.05, 0) is 30.5 Å². The molecule has 0 amide bonds. The maximum atomic E-state index is 10.7. The number of hydrogen-bond acceptors (Lipinski definition) is 2. The van der Waals surface area contributed by atoms with Crippen LogP contribution in [0.1, 0.15) is 41.0 Å². The van der Waals surface area contributed by atoms with Crippen molar-refractivity contribution in [1.29, 1.82) is 0 Å². The third-order valence-electron chi connectivity index (χ3n) is 3.05. The van der Waals surface area contributed by atoms with E-state index in [0.717, 1.165) is 24.2 Å². The number of nitrogens with zero attached hydrogens (tertiary/aromatic N) is 1. The maximum absolute atomic E-state index is 10.7. The van der Waals surface area contributed by atoms with Crippen LogP contribution in [0.5, 0.6) is 0 Å². The lowest BCUT2D eigenvalue weighted by molar-refractivity contribution is 0.0697. The van der Waals surface area contributed by atoms with Gasteiger partial charge >= 0.3 is 5.97 Å². The van der Waals surface area contributed by atoms with Gasteiger partial charge in [-0.3, -0.25) is 0 Å². The van der Waals surface area contributed by atoms with E-state index < -0.39 is 5.97 Å². The Hall–Kier alpha value is -2.10. The molecule has 4 heteroatoms. The average Bonchev–Trinajstić information content (AvgIpc) is 2.90. The van der Waals surface area contributed by atoms with E-state index in [2.05, 4.69) is 16.9 Å². The van der Waals surface area contributed by atoms with Crippen molar-refractivity contribution >= 4 is 5.97 Å². The Morgan fingerprint density at radius 3 is 2.67 bits per heavy atom. The van der Waals surface area contributed by atoms with Crippen molar-refractivity contribution in [3.8, 4) is 0 Å². The van der Waals surface area contributed by atoms with Gasteiger partial charge in [-0.15, -0.1) is 0 Å². The summed E-state index contributed by atoms with van der Waals surface area (Å²) in [6.07, 6.45) is 5.49. The number of H-pyrrole nitrogens is 1. The van der Waals surface area contributed by atoms with Crippen molar-refractivity contribution in [2.75, 3.05) is 0 Å². The molecular weight excluding hydrogens is 228 g/mol. The molecule has 4 nitrogen and oxygen atoms in total. The molecule has 2 rings (SSSR count). The van der Waals surface area contributed by atoms with Crippen LogP contribution in [0.4, 0.5) is 0 Å². The molecule has 0 fully saturated rings. The molecule has 2 aromatic rings. The molecule has 0 radical (unpaired) electrons. The van der Waals surface area contributed by atoms with Crippen LogP contribution in [-0.2, 0) is 6.42 Å². The smallest absolute Gasteiger partial charge is 0.335 e. The van der Waals surface area contributed by atoms with Gasteiger partial charge in [0.2, 0.25) is 0 Å². The van der Waals surface area contributed by atoms with E-state index >= 15 is 0 Å². The van der Waals surface area contributed by atoms with Gasteiger partial charge in [0.1, 0.15) is 5.82 Å². The molecular formula is C14H16N2O2. The largest absolute Gasteiger partial charge is 0.478 e. The number of rotatable bonds is 5. The molecule has 0 saturated heterocycles. The summed E-state index contributed by atoms with van der Waals surface area (Å²) in [7, 11) is 0. The van der Waals surface area contributed by atoms with Gasteiger partial charge in [0, 0.05) is 18.3 Å². The first-order valence-corrected chi connectivity index (χ1v) is 5.98. The maximum Gasteiger partial charge on any atom is 0.335 e. The first-order valence-electron chi connectivity index (χ1n) is 5.98. The molecule has 18 heavy (non-hydrogen) atoms. The number of imidazole rings is 1. The predicted molar refractivity (Wildman–Crippen MR) is 68.7 cm³/mol. The number of carbonyl (C=O) groups is 1. The predicted octanol–water partition coefficient (Wildman–Crippen LogP) is 2.84. The van der Waals surface area contributed by atoms with E-state index in [1.807, 2.05) is 18.3 Å². The molecule has 1 atom stereocenters. The number of hydrogen-bond donors (Lipinski definition) is 2. The monoisotopic (exact) mass is 244 g/mol. The summed E-state index contributed by atoms with van der Waals surface area (Å²) in [6.45, 7) is 2.13. The van der Waals surface area contributed by atoms with Crippen molar-refractivity contribution in [2.45, 2.75) is 25.7 Å². The van der Waals surface area contributed by atoms with Crippen molar-refractivity contribution in [3.05, 3.63) is 53.6 Å². The normalized spacial score (nSPS) is 12.3. The van der Waals surface area contributed by atoms with Crippen molar-refractivity contribution in [2.24, 2.45) is 0 Å².